The molecule has 3 aliphatic heterocycles. The lowest BCUT2D eigenvalue weighted by atomic mass is 9.68. The van der Waals surface area contributed by atoms with Crippen LogP contribution in [0, 0.1) is 3.57 Å². The van der Waals surface area contributed by atoms with Crippen molar-refractivity contribution in [2.24, 2.45) is 0 Å². The summed E-state index contributed by atoms with van der Waals surface area (Å²) in [6, 6.07) is 21.1. The minimum Gasteiger partial charge on any atom is -0.299 e. The van der Waals surface area contributed by atoms with Crippen LogP contribution in [0.25, 0.3) is 11.3 Å². The Bertz CT molecular complexity index is 1310. The molecule has 7 rings (SSSR count). The third-order valence-electron chi connectivity index (χ3n) is 6.78. The van der Waals surface area contributed by atoms with E-state index in [1.54, 1.807) is 10.6 Å². The monoisotopic (exact) mass is 508 g/mol. The Morgan fingerprint density at radius 2 is 1.77 bits per heavy atom. The van der Waals surface area contributed by atoms with Crippen molar-refractivity contribution in [1.29, 1.82) is 0 Å². The molecule has 1 fully saturated rings. The highest BCUT2D eigenvalue weighted by molar-refractivity contribution is 14.1. The molecule has 0 amide bonds. The number of hydrogen-bond donors (Lipinski definition) is 0. The first-order valence-corrected chi connectivity index (χ1v) is 11.4. The highest BCUT2D eigenvalue weighted by atomic mass is 127. The Labute approximate surface area is 188 Å². The van der Waals surface area contributed by atoms with Gasteiger partial charge in [0, 0.05) is 21.7 Å². The molecule has 1 saturated heterocycles. The van der Waals surface area contributed by atoms with Gasteiger partial charge in [-0.15, -0.1) is 5.10 Å². The van der Waals surface area contributed by atoms with E-state index in [1.165, 1.54) is 24.9 Å². The molecule has 6 heteroatoms. The summed E-state index contributed by atoms with van der Waals surface area (Å²) in [5.74, 6) is 0. The average molecular weight is 508 g/mol. The third-order valence-corrected chi connectivity index (χ3v) is 7.50. The van der Waals surface area contributed by atoms with Crippen LogP contribution in [0.1, 0.15) is 29.5 Å². The Balaban J connectivity index is 1.52. The van der Waals surface area contributed by atoms with Crippen LogP contribution in [-0.2, 0) is 12.0 Å². The molecule has 0 radical (unpaired) electrons. The summed E-state index contributed by atoms with van der Waals surface area (Å²) in [5, 5.41) is 4.55. The van der Waals surface area contributed by atoms with Gasteiger partial charge in [-0.05, 0) is 102 Å². The standard InChI is InChI=1S/C24H21IN4O/c25-19-6-4-18(5-7-19)24-10-13-27(14-11-24)16-17-15-20(8-9-21(17)24)29-23(30)28-12-2-1-3-22(28)26-29/h1-9,12,15H,10-11,13-14,16H2. The summed E-state index contributed by atoms with van der Waals surface area (Å²) in [5.41, 5.74) is 5.54. The van der Waals surface area contributed by atoms with Gasteiger partial charge >= 0.3 is 5.69 Å². The lowest BCUT2D eigenvalue weighted by Gasteiger charge is -2.39. The van der Waals surface area contributed by atoms with Crippen LogP contribution in [0.4, 0.5) is 0 Å². The molecule has 0 saturated carbocycles. The summed E-state index contributed by atoms with van der Waals surface area (Å²) < 4.78 is 4.38. The maximum atomic E-state index is 12.9. The van der Waals surface area contributed by atoms with Gasteiger partial charge < -0.3 is 0 Å². The van der Waals surface area contributed by atoms with Crippen LogP contribution in [-0.4, -0.2) is 32.2 Å². The number of rotatable bonds is 2. The maximum Gasteiger partial charge on any atom is 0.355 e. The van der Waals surface area contributed by atoms with E-state index in [0.717, 1.165) is 38.2 Å². The van der Waals surface area contributed by atoms with E-state index in [0.29, 0.717) is 5.65 Å². The summed E-state index contributed by atoms with van der Waals surface area (Å²) in [6.45, 7) is 3.13. The van der Waals surface area contributed by atoms with Crippen molar-refractivity contribution < 1.29 is 0 Å². The lowest BCUT2D eigenvalue weighted by molar-refractivity contribution is 0.190. The second-order valence-corrected chi connectivity index (χ2v) is 9.58. The first kappa shape index (κ1) is 18.3. The van der Waals surface area contributed by atoms with Gasteiger partial charge in [-0.1, -0.05) is 24.3 Å². The van der Waals surface area contributed by atoms with Gasteiger partial charge in [-0.25, -0.2) is 9.20 Å². The average Bonchev–Trinajstić information content (AvgIpc) is 2.93. The zero-order chi connectivity index (χ0) is 20.3. The van der Waals surface area contributed by atoms with Crippen molar-refractivity contribution in [3.8, 4) is 5.69 Å². The van der Waals surface area contributed by atoms with E-state index in [1.807, 2.05) is 18.2 Å². The van der Waals surface area contributed by atoms with Crippen molar-refractivity contribution in [3.05, 3.63) is 97.6 Å². The van der Waals surface area contributed by atoms with Crippen molar-refractivity contribution in [2.75, 3.05) is 13.1 Å². The minimum atomic E-state index is -0.130. The van der Waals surface area contributed by atoms with Crippen LogP contribution in [0.3, 0.4) is 0 Å². The zero-order valence-corrected chi connectivity index (χ0v) is 18.6. The largest absolute Gasteiger partial charge is 0.355 e. The van der Waals surface area contributed by atoms with Crippen LogP contribution >= 0.6 is 22.6 Å². The molecule has 4 aromatic rings. The zero-order valence-electron chi connectivity index (χ0n) is 16.5. The summed E-state index contributed by atoms with van der Waals surface area (Å²) in [4.78, 5) is 15.4. The Hall–Kier alpha value is -2.45. The third kappa shape index (κ3) is 2.70. The fraction of sp³-hybridized carbons (Fsp3) is 0.250. The van der Waals surface area contributed by atoms with Crippen LogP contribution in [0.15, 0.2) is 71.7 Å². The molecule has 2 bridgehead atoms. The van der Waals surface area contributed by atoms with Crippen LogP contribution < -0.4 is 5.69 Å². The van der Waals surface area contributed by atoms with E-state index >= 15 is 0 Å². The predicted molar refractivity (Wildman–Crippen MR) is 125 cm³/mol. The number of fused-ring (bicyclic) bond motifs is 3. The summed E-state index contributed by atoms with van der Waals surface area (Å²) in [7, 11) is 0. The first-order chi connectivity index (χ1) is 14.6. The van der Waals surface area contributed by atoms with Gasteiger partial charge in [0.15, 0.2) is 5.65 Å². The normalized spacial score (nSPS) is 22.8. The van der Waals surface area contributed by atoms with Crippen molar-refractivity contribution >= 4 is 28.2 Å². The Morgan fingerprint density at radius 3 is 2.53 bits per heavy atom. The fourth-order valence-electron chi connectivity index (χ4n) is 5.22. The van der Waals surface area contributed by atoms with Crippen molar-refractivity contribution in [1.82, 2.24) is 19.1 Å². The Morgan fingerprint density at radius 1 is 0.967 bits per heavy atom. The van der Waals surface area contributed by atoms with Gasteiger partial charge in [0.25, 0.3) is 0 Å². The quantitative estimate of drug-likeness (QED) is 0.385. The van der Waals surface area contributed by atoms with Gasteiger partial charge in [-0.2, -0.15) is 4.68 Å². The number of pyridine rings is 1. The van der Waals surface area contributed by atoms with E-state index < -0.39 is 0 Å². The van der Waals surface area contributed by atoms with Gasteiger partial charge in [0.1, 0.15) is 0 Å². The topological polar surface area (TPSA) is 42.5 Å². The SMILES string of the molecule is O=c1n(-c2ccc3c(c2)CN2CCC3(c3ccc(I)cc3)CC2)nc2ccccn12. The second-order valence-electron chi connectivity index (χ2n) is 8.33. The molecule has 2 aromatic heterocycles. The molecule has 30 heavy (non-hydrogen) atoms. The highest BCUT2D eigenvalue weighted by Gasteiger charge is 2.42. The van der Waals surface area contributed by atoms with E-state index in [9.17, 15) is 4.79 Å². The van der Waals surface area contributed by atoms with E-state index in [2.05, 4.69) is 75.1 Å². The molecule has 5 nitrogen and oxygen atoms in total. The Kier molecular flexibility index (Phi) is 4.14. The minimum absolute atomic E-state index is 0.0507. The van der Waals surface area contributed by atoms with Gasteiger partial charge in [-0.3, -0.25) is 4.90 Å². The van der Waals surface area contributed by atoms with E-state index in [-0.39, 0.29) is 11.1 Å². The smallest absolute Gasteiger partial charge is 0.299 e. The molecule has 0 spiro atoms. The summed E-state index contributed by atoms with van der Waals surface area (Å²) >= 11 is 2.37. The number of halogens is 1. The van der Waals surface area contributed by atoms with Gasteiger partial charge in [0.05, 0.1) is 5.69 Å². The molecule has 0 atom stereocenters. The van der Waals surface area contributed by atoms with Crippen molar-refractivity contribution in [2.45, 2.75) is 24.8 Å². The molecule has 2 aromatic carbocycles. The fourth-order valence-corrected chi connectivity index (χ4v) is 5.58. The van der Waals surface area contributed by atoms with E-state index in [4.69, 9.17) is 0 Å². The number of piperidine rings is 1. The predicted octanol–water partition coefficient (Wildman–Crippen LogP) is 3.99. The molecule has 0 unspecified atom stereocenters. The molecule has 0 N–H and O–H groups in total. The molecular weight excluding hydrogens is 487 g/mol. The lowest BCUT2D eigenvalue weighted by Crippen LogP contribution is -2.39. The van der Waals surface area contributed by atoms with Crippen LogP contribution in [0.5, 0.6) is 0 Å². The highest BCUT2D eigenvalue weighted by Crippen LogP contribution is 2.46. The second kappa shape index (κ2) is 6.78. The summed E-state index contributed by atoms with van der Waals surface area (Å²) in [6.07, 6.45) is 4.03. The molecule has 5 heterocycles. The van der Waals surface area contributed by atoms with Crippen LogP contribution in [0.2, 0.25) is 0 Å². The number of benzene rings is 2. The maximum absolute atomic E-state index is 12.9. The molecule has 3 aliphatic rings. The number of hydrogen-bond acceptors (Lipinski definition) is 3. The number of aromatic nitrogens is 3. The van der Waals surface area contributed by atoms with Gasteiger partial charge in [0.2, 0.25) is 0 Å². The number of nitrogens with zero attached hydrogens (tertiary/aromatic N) is 4. The first-order valence-electron chi connectivity index (χ1n) is 10.3. The van der Waals surface area contributed by atoms with Crippen molar-refractivity contribution in [3.63, 3.8) is 0 Å². The molecule has 150 valence electrons. The molecule has 0 aliphatic carbocycles. The molecular formula is C24H21IN4O.